The summed E-state index contributed by atoms with van der Waals surface area (Å²) in [4.78, 5) is 44.8. The van der Waals surface area contributed by atoms with Crippen LogP contribution in [-0.2, 0) is 0 Å². The summed E-state index contributed by atoms with van der Waals surface area (Å²) in [6, 6.07) is 7.88. The minimum absolute atomic E-state index is 0.0126. The van der Waals surface area contributed by atoms with E-state index in [-0.39, 0.29) is 22.4 Å². The van der Waals surface area contributed by atoms with Gasteiger partial charge in [0.25, 0.3) is 0 Å². The molecule has 0 saturated carbocycles. The summed E-state index contributed by atoms with van der Waals surface area (Å²) >= 11 is 0. The van der Waals surface area contributed by atoms with Crippen LogP contribution in [-0.4, -0.2) is 39.2 Å². The molecule has 0 aliphatic carbocycles. The van der Waals surface area contributed by atoms with E-state index in [1.807, 2.05) is 0 Å². The van der Waals surface area contributed by atoms with E-state index in [1.165, 1.54) is 24.3 Å². The van der Waals surface area contributed by atoms with E-state index in [0.29, 0.717) is 0 Å². The highest BCUT2D eigenvalue weighted by atomic mass is 16.5. The van der Waals surface area contributed by atoms with Gasteiger partial charge in [-0.1, -0.05) is 0 Å². The van der Waals surface area contributed by atoms with Crippen LogP contribution in [0.4, 0.5) is 0 Å². The molecule has 8 nitrogen and oxygen atoms in total. The topological polar surface area (TPSA) is 138 Å². The zero-order chi connectivity index (χ0) is 17.9. The number of hydrogen-bond acceptors (Lipinski definition) is 5. The average Bonchev–Trinajstić information content (AvgIpc) is 2.54. The largest absolute Gasteiger partial charge is 0.478 e. The summed E-state index contributed by atoms with van der Waals surface area (Å²) in [5.41, 5.74) is -0.759. The van der Waals surface area contributed by atoms with Crippen molar-refractivity contribution in [1.29, 1.82) is 0 Å². The molecule has 2 rings (SSSR count). The van der Waals surface area contributed by atoms with Gasteiger partial charge in [-0.15, -0.1) is 0 Å². The zero-order valence-corrected chi connectivity index (χ0v) is 11.9. The predicted molar refractivity (Wildman–Crippen MR) is 78.7 cm³/mol. The summed E-state index contributed by atoms with van der Waals surface area (Å²) < 4.78 is 4.97. The molecule has 0 unspecified atom stereocenters. The molecule has 122 valence electrons. The van der Waals surface area contributed by atoms with Crippen molar-refractivity contribution in [1.82, 2.24) is 0 Å². The quantitative estimate of drug-likeness (QED) is 0.559. The minimum atomic E-state index is -1.46. The molecule has 0 amide bonds. The fourth-order valence-electron chi connectivity index (χ4n) is 1.83. The fourth-order valence-corrected chi connectivity index (χ4v) is 1.83. The average molecular weight is 330 g/mol. The Labute approximate surface area is 134 Å². The molecule has 0 bridgehead atoms. The second-order valence-electron chi connectivity index (χ2n) is 4.59. The highest BCUT2D eigenvalue weighted by molar-refractivity contribution is 5.98. The maximum atomic E-state index is 12.0. The maximum Gasteiger partial charge on any atom is 0.343 e. The van der Waals surface area contributed by atoms with Crippen LogP contribution in [0.2, 0.25) is 0 Å². The van der Waals surface area contributed by atoms with Crippen LogP contribution < -0.4 is 4.74 Å². The predicted octanol–water partition coefficient (Wildman–Crippen LogP) is 2.00. The van der Waals surface area contributed by atoms with Crippen LogP contribution in [0.15, 0.2) is 42.5 Å². The number of rotatable bonds is 5. The van der Waals surface area contributed by atoms with Crippen molar-refractivity contribution < 1.29 is 39.2 Å². The normalized spacial score (nSPS) is 10.0. The van der Waals surface area contributed by atoms with Gasteiger partial charge in [-0.3, -0.25) is 0 Å². The molecule has 0 radical (unpaired) electrons. The standard InChI is InChI=1S/C16H10O8/c17-13(18)8-1-3-9(4-2-8)16(23)24-12-6-5-10(14(19)20)7-11(12)15(21)22/h1-7H,(H,17,18)(H,19,20)(H,21,22). The van der Waals surface area contributed by atoms with E-state index >= 15 is 0 Å². The molecule has 0 spiro atoms. The lowest BCUT2D eigenvalue weighted by molar-refractivity contribution is 0.0670. The second kappa shape index (κ2) is 6.61. The van der Waals surface area contributed by atoms with Gasteiger partial charge in [-0.25, -0.2) is 19.2 Å². The molecule has 2 aromatic rings. The van der Waals surface area contributed by atoms with Gasteiger partial charge in [0.1, 0.15) is 11.3 Å². The van der Waals surface area contributed by atoms with Crippen molar-refractivity contribution >= 4 is 23.9 Å². The Kier molecular flexibility index (Phi) is 4.60. The van der Waals surface area contributed by atoms with Gasteiger partial charge in [0.05, 0.1) is 16.7 Å². The highest BCUT2D eigenvalue weighted by Crippen LogP contribution is 2.22. The van der Waals surface area contributed by atoms with Crippen LogP contribution in [0, 0.1) is 0 Å². The first-order chi connectivity index (χ1) is 11.3. The van der Waals surface area contributed by atoms with E-state index in [4.69, 9.17) is 20.1 Å². The van der Waals surface area contributed by atoms with Crippen molar-refractivity contribution in [2.24, 2.45) is 0 Å². The van der Waals surface area contributed by atoms with Crippen LogP contribution in [0.3, 0.4) is 0 Å². The molecule has 0 saturated heterocycles. The summed E-state index contributed by atoms with van der Waals surface area (Å²) in [5.74, 6) is -5.16. The van der Waals surface area contributed by atoms with Gasteiger partial charge < -0.3 is 20.1 Å². The van der Waals surface area contributed by atoms with E-state index in [0.717, 1.165) is 18.2 Å². The van der Waals surface area contributed by atoms with E-state index in [9.17, 15) is 19.2 Å². The van der Waals surface area contributed by atoms with Crippen LogP contribution in [0.25, 0.3) is 0 Å². The number of carbonyl (C=O) groups excluding carboxylic acids is 1. The number of aromatic carboxylic acids is 3. The first-order valence-corrected chi connectivity index (χ1v) is 6.45. The first-order valence-electron chi connectivity index (χ1n) is 6.45. The number of hydrogen-bond donors (Lipinski definition) is 3. The molecule has 0 heterocycles. The van der Waals surface area contributed by atoms with Crippen LogP contribution in [0.5, 0.6) is 5.75 Å². The fraction of sp³-hybridized carbons (Fsp3) is 0. The summed E-state index contributed by atoms with van der Waals surface area (Å²) in [5, 5.41) is 26.8. The first kappa shape index (κ1) is 16.7. The summed E-state index contributed by atoms with van der Waals surface area (Å²) in [6.07, 6.45) is 0. The van der Waals surface area contributed by atoms with Crippen molar-refractivity contribution in [2.45, 2.75) is 0 Å². The molecular formula is C16H10O8. The Balaban J connectivity index is 2.29. The van der Waals surface area contributed by atoms with Crippen molar-refractivity contribution in [3.05, 3.63) is 64.7 Å². The Bertz CT molecular complexity index is 836. The zero-order valence-electron chi connectivity index (χ0n) is 11.9. The second-order valence-corrected chi connectivity index (χ2v) is 4.59. The van der Waals surface area contributed by atoms with Crippen molar-refractivity contribution in [3.63, 3.8) is 0 Å². The third-order valence-corrected chi connectivity index (χ3v) is 3.03. The number of carboxylic acids is 3. The van der Waals surface area contributed by atoms with Gasteiger partial charge in [0, 0.05) is 0 Å². The van der Waals surface area contributed by atoms with Gasteiger partial charge in [0.2, 0.25) is 0 Å². The number of benzene rings is 2. The Hall–Kier alpha value is -3.68. The van der Waals surface area contributed by atoms with E-state index in [1.54, 1.807) is 0 Å². The molecule has 2 aromatic carbocycles. The number of esters is 1. The molecule has 0 atom stereocenters. The molecule has 24 heavy (non-hydrogen) atoms. The summed E-state index contributed by atoms with van der Waals surface area (Å²) in [7, 11) is 0. The lowest BCUT2D eigenvalue weighted by Gasteiger charge is -2.08. The van der Waals surface area contributed by atoms with Crippen LogP contribution in [0.1, 0.15) is 41.4 Å². The van der Waals surface area contributed by atoms with Gasteiger partial charge in [-0.2, -0.15) is 0 Å². The lowest BCUT2D eigenvalue weighted by atomic mass is 10.1. The van der Waals surface area contributed by atoms with Gasteiger partial charge in [-0.05, 0) is 42.5 Å². The van der Waals surface area contributed by atoms with Crippen LogP contribution >= 0.6 is 0 Å². The minimum Gasteiger partial charge on any atom is -0.478 e. The Morgan fingerprint density at radius 3 is 1.67 bits per heavy atom. The number of ether oxygens (including phenoxy) is 1. The third kappa shape index (κ3) is 3.55. The molecule has 0 aromatic heterocycles. The molecule has 0 aliphatic heterocycles. The molecule has 0 aliphatic rings. The Morgan fingerprint density at radius 1 is 0.667 bits per heavy atom. The third-order valence-electron chi connectivity index (χ3n) is 3.03. The number of carbonyl (C=O) groups is 4. The molecule has 8 heteroatoms. The van der Waals surface area contributed by atoms with E-state index < -0.39 is 29.4 Å². The molecule has 0 fully saturated rings. The van der Waals surface area contributed by atoms with Crippen molar-refractivity contribution in [3.8, 4) is 5.75 Å². The number of carboxylic acid groups (broad SMARTS) is 3. The van der Waals surface area contributed by atoms with E-state index in [2.05, 4.69) is 0 Å². The lowest BCUT2D eigenvalue weighted by Crippen LogP contribution is -2.12. The van der Waals surface area contributed by atoms with Gasteiger partial charge in [0.15, 0.2) is 0 Å². The SMILES string of the molecule is O=C(O)c1ccc(C(=O)Oc2ccc(C(=O)O)cc2C(=O)O)cc1. The molecule has 3 N–H and O–H groups in total. The van der Waals surface area contributed by atoms with Gasteiger partial charge >= 0.3 is 23.9 Å². The monoisotopic (exact) mass is 330 g/mol. The maximum absolute atomic E-state index is 12.0. The molecular weight excluding hydrogens is 320 g/mol. The van der Waals surface area contributed by atoms with Crippen molar-refractivity contribution in [2.75, 3.05) is 0 Å². The Morgan fingerprint density at radius 2 is 1.17 bits per heavy atom. The summed E-state index contributed by atoms with van der Waals surface area (Å²) in [6.45, 7) is 0. The highest BCUT2D eigenvalue weighted by Gasteiger charge is 2.18. The smallest absolute Gasteiger partial charge is 0.343 e.